The average Bonchev–Trinajstić information content (AvgIpc) is 2.40. The first-order valence-corrected chi connectivity index (χ1v) is 5.67. The Kier molecular flexibility index (Phi) is 4.10. The monoisotopic (exact) mass is 257 g/mol. The fourth-order valence-electron chi connectivity index (χ4n) is 1.86. The molecule has 2 heterocycles. The molecule has 100 valence electrons. The van der Waals surface area contributed by atoms with Crippen molar-refractivity contribution in [1.82, 2.24) is 0 Å². The average molecular weight is 257 g/mol. The molecule has 1 aromatic heterocycles. The molecule has 0 spiro atoms. The van der Waals surface area contributed by atoms with E-state index < -0.39 is 37.3 Å². The molecule has 7 nitrogen and oxygen atoms in total. The molecular formula is C11H17N2O5+. The Morgan fingerprint density at radius 2 is 1.94 bits per heavy atom. The van der Waals surface area contributed by atoms with Gasteiger partial charge < -0.3 is 25.2 Å². The SMILES string of the molecule is OC[C@@H]1O[C@H](Nc2cccc[nH+]2)[C@H](O)[C@H](O)[C@@H]1O. The fourth-order valence-corrected chi connectivity index (χ4v) is 1.86. The zero-order chi connectivity index (χ0) is 13.1. The Morgan fingerprint density at radius 1 is 1.17 bits per heavy atom. The quantitative estimate of drug-likeness (QED) is 0.416. The summed E-state index contributed by atoms with van der Waals surface area (Å²) < 4.78 is 5.29. The number of aromatic nitrogens is 1. The van der Waals surface area contributed by atoms with Crippen molar-refractivity contribution in [2.45, 2.75) is 30.6 Å². The van der Waals surface area contributed by atoms with Gasteiger partial charge in [-0.3, -0.25) is 0 Å². The minimum absolute atomic E-state index is 0.443. The lowest BCUT2D eigenvalue weighted by atomic mass is 9.98. The van der Waals surface area contributed by atoms with Gasteiger partial charge in [0, 0.05) is 6.07 Å². The minimum atomic E-state index is -1.38. The van der Waals surface area contributed by atoms with Gasteiger partial charge in [0.15, 0.2) is 0 Å². The lowest BCUT2D eigenvalue weighted by Gasteiger charge is -2.37. The van der Waals surface area contributed by atoms with Crippen molar-refractivity contribution in [2.75, 3.05) is 11.9 Å². The Morgan fingerprint density at radius 3 is 2.56 bits per heavy atom. The van der Waals surface area contributed by atoms with Crippen LogP contribution < -0.4 is 10.3 Å². The molecule has 1 aliphatic heterocycles. The first-order valence-electron chi connectivity index (χ1n) is 5.67. The predicted molar refractivity (Wildman–Crippen MR) is 60.4 cm³/mol. The van der Waals surface area contributed by atoms with Gasteiger partial charge in [-0.15, -0.1) is 0 Å². The second-order valence-electron chi connectivity index (χ2n) is 4.17. The Balaban J connectivity index is 2.08. The van der Waals surface area contributed by atoms with Crippen LogP contribution in [0.25, 0.3) is 0 Å². The van der Waals surface area contributed by atoms with E-state index in [1.54, 1.807) is 24.4 Å². The molecule has 6 N–H and O–H groups in total. The van der Waals surface area contributed by atoms with Crippen molar-refractivity contribution >= 4 is 5.82 Å². The molecule has 0 aliphatic carbocycles. The van der Waals surface area contributed by atoms with E-state index in [0.29, 0.717) is 5.82 Å². The van der Waals surface area contributed by atoms with E-state index in [-0.39, 0.29) is 0 Å². The summed E-state index contributed by atoms with van der Waals surface area (Å²) in [5.41, 5.74) is 0. The number of aliphatic hydroxyl groups excluding tert-OH is 4. The topological polar surface area (TPSA) is 116 Å². The van der Waals surface area contributed by atoms with Gasteiger partial charge in [0.1, 0.15) is 24.4 Å². The molecule has 5 atom stereocenters. The Labute approximate surface area is 104 Å². The highest BCUT2D eigenvalue weighted by Gasteiger charge is 2.45. The number of aliphatic hydroxyl groups is 4. The Bertz CT molecular complexity index is 375. The zero-order valence-electron chi connectivity index (χ0n) is 9.60. The maximum Gasteiger partial charge on any atom is 0.274 e. The van der Waals surface area contributed by atoms with E-state index >= 15 is 0 Å². The smallest absolute Gasteiger partial charge is 0.274 e. The predicted octanol–water partition coefficient (Wildman–Crippen LogP) is -2.29. The van der Waals surface area contributed by atoms with Gasteiger partial charge in [-0.05, 0) is 6.07 Å². The van der Waals surface area contributed by atoms with E-state index in [1.165, 1.54) is 0 Å². The van der Waals surface area contributed by atoms with E-state index in [1.807, 2.05) is 0 Å². The molecule has 2 rings (SSSR count). The summed E-state index contributed by atoms with van der Waals surface area (Å²) in [6, 6.07) is 5.29. The van der Waals surface area contributed by atoms with Crippen molar-refractivity contribution in [3.63, 3.8) is 0 Å². The van der Waals surface area contributed by atoms with Crippen molar-refractivity contribution in [1.29, 1.82) is 0 Å². The molecule has 1 aliphatic rings. The molecule has 0 aromatic carbocycles. The molecule has 0 saturated carbocycles. The lowest BCUT2D eigenvalue weighted by Crippen LogP contribution is -2.60. The van der Waals surface area contributed by atoms with Crippen molar-refractivity contribution in [3.8, 4) is 0 Å². The number of ether oxygens (including phenoxy) is 1. The van der Waals surface area contributed by atoms with Gasteiger partial charge in [0.05, 0.1) is 12.8 Å². The number of H-pyrrole nitrogens is 1. The summed E-state index contributed by atoms with van der Waals surface area (Å²) in [5.74, 6) is 0.585. The third-order valence-electron chi connectivity index (χ3n) is 2.90. The van der Waals surface area contributed by atoms with Gasteiger partial charge in [-0.2, -0.15) is 0 Å². The molecule has 0 radical (unpaired) electrons. The molecule has 1 fully saturated rings. The standard InChI is InChI=1S/C11H16N2O5/c14-5-6-8(15)9(16)10(17)11(18-6)13-7-3-1-2-4-12-7/h1-4,6,8-11,14-17H,5H2,(H,12,13)/p+1/t6-,8+,9+,10+,11-/m0/s1. The van der Waals surface area contributed by atoms with E-state index in [2.05, 4.69) is 10.3 Å². The summed E-state index contributed by atoms with van der Waals surface area (Å²) in [7, 11) is 0. The van der Waals surface area contributed by atoms with Gasteiger partial charge in [0.2, 0.25) is 6.23 Å². The second-order valence-corrected chi connectivity index (χ2v) is 4.17. The zero-order valence-corrected chi connectivity index (χ0v) is 9.60. The van der Waals surface area contributed by atoms with Gasteiger partial charge >= 0.3 is 0 Å². The summed E-state index contributed by atoms with van der Waals surface area (Å²) in [4.78, 5) is 2.89. The summed E-state index contributed by atoms with van der Waals surface area (Å²) in [6.45, 7) is -0.443. The molecule has 1 aromatic rings. The number of aromatic amines is 1. The molecular weight excluding hydrogens is 240 g/mol. The van der Waals surface area contributed by atoms with E-state index in [9.17, 15) is 15.3 Å². The maximum absolute atomic E-state index is 9.79. The second kappa shape index (κ2) is 5.59. The van der Waals surface area contributed by atoms with Crippen LogP contribution in [0.15, 0.2) is 24.4 Å². The van der Waals surface area contributed by atoms with Crippen LogP contribution in [0.3, 0.4) is 0 Å². The number of hydrogen-bond acceptors (Lipinski definition) is 6. The first-order chi connectivity index (χ1) is 8.63. The number of hydrogen-bond donors (Lipinski definition) is 5. The van der Waals surface area contributed by atoms with Crippen LogP contribution in [0.1, 0.15) is 0 Å². The molecule has 0 amide bonds. The molecule has 7 heteroatoms. The number of pyridine rings is 1. The molecule has 18 heavy (non-hydrogen) atoms. The van der Waals surface area contributed by atoms with Crippen LogP contribution in [-0.4, -0.2) is 57.7 Å². The maximum atomic E-state index is 9.79. The van der Waals surface area contributed by atoms with E-state index in [0.717, 1.165) is 0 Å². The highest BCUT2D eigenvalue weighted by molar-refractivity contribution is 5.28. The van der Waals surface area contributed by atoms with Gasteiger partial charge in [-0.25, -0.2) is 10.3 Å². The third kappa shape index (κ3) is 2.60. The van der Waals surface area contributed by atoms with Crippen LogP contribution in [0, 0.1) is 0 Å². The minimum Gasteiger partial charge on any atom is -0.394 e. The molecule has 1 saturated heterocycles. The van der Waals surface area contributed by atoms with Crippen LogP contribution in [0.5, 0.6) is 0 Å². The van der Waals surface area contributed by atoms with Crippen molar-refractivity contribution < 1.29 is 30.1 Å². The lowest BCUT2D eigenvalue weighted by molar-refractivity contribution is -0.363. The number of nitrogens with one attached hydrogen (secondary N) is 2. The summed E-state index contributed by atoms with van der Waals surface area (Å²) in [5, 5.41) is 40.9. The highest BCUT2D eigenvalue weighted by Crippen LogP contribution is 2.21. The van der Waals surface area contributed by atoms with Crippen molar-refractivity contribution in [2.24, 2.45) is 0 Å². The van der Waals surface area contributed by atoms with Crippen LogP contribution in [0.4, 0.5) is 5.82 Å². The third-order valence-corrected chi connectivity index (χ3v) is 2.90. The first kappa shape index (κ1) is 13.2. The number of rotatable bonds is 3. The normalized spacial score (nSPS) is 36.3. The molecule has 0 unspecified atom stereocenters. The van der Waals surface area contributed by atoms with Gasteiger partial charge in [-0.1, -0.05) is 6.07 Å². The van der Waals surface area contributed by atoms with Crippen LogP contribution >= 0.6 is 0 Å². The summed E-state index contributed by atoms with van der Waals surface area (Å²) in [6.07, 6.45) is -4.16. The van der Waals surface area contributed by atoms with Crippen molar-refractivity contribution in [3.05, 3.63) is 24.4 Å². The molecule has 0 bridgehead atoms. The van der Waals surface area contributed by atoms with Crippen LogP contribution in [-0.2, 0) is 4.74 Å². The van der Waals surface area contributed by atoms with E-state index in [4.69, 9.17) is 9.84 Å². The highest BCUT2D eigenvalue weighted by atomic mass is 16.6. The summed E-state index contributed by atoms with van der Waals surface area (Å²) >= 11 is 0. The fraction of sp³-hybridized carbons (Fsp3) is 0.545. The number of anilines is 1. The van der Waals surface area contributed by atoms with Crippen LogP contribution in [0.2, 0.25) is 0 Å². The van der Waals surface area contributed by atoms with Gasteiger partial charge in [0.25, 0.3) is 5.82 Å². The largest absolute Gasteiger partial charge is 0.394 e. The Hall–Kier alpha value is -1.25.